The molecule has 2 aromatic carbocycles. The lowest BCUT2D eigenvalue weighted by atomic mass is 9.78. The Labute approximate surface area is 249 Å². The number of oxazole rings is 1. The predicted molar refractivity (Wildman–Crippen MR) is 166 cm³/mol. The van der Waals surface area contributed by atoms with E-state index in [-0.39, 0.29) is 17.3 Å². The number of nitrogens with two attached hydrogens (primary N) is 1. The number of ether oxygens (including phenoxy) is 1. The van der Waals surface area contributed by atoms with Crippen LogP contribution in [0.2, 0.25) is 0 Å². The van der Waals surface area contributed by atoms with Crippen LogP contribution in [0.25, 0.3) is 22.6 Å². The minimum absolute atomic E-state index is 0.124. The minimum Gasteiger partial charge on any atom is -0.494 e. The van der Waals surface area contributed by atoms with Crippen molar-refractivity contribution in [1.82, 2.24) is 24.7 Å². The Hall–Kier alpha value is -5.19. The van der Waals surface area contributed by atoms with Crippen LogP contribution in [-0.4, -0.2) is 37.7 Å². The van der Waals surface area contributed by atoms with E-state index in [2.05, 4.69) is 44.2 Å². The standard InChI is InChI=1S/C32H34N8O3/c1-19-13-20(2)15-21(14-19)11-12-40-18-22(16-35-40)36-32-34-17-24(29(33)41)30(39-32)37-26-9-6-7-23(28(26)42-3)31-38-25-8-4-5-10-27(25)43-31/h4-10,16-18,20-21H,1,11-15H2,2-3H3,(H2,33,41)(H2,34,36,37,39). The van der Waals surface area contributed by atoms with Gasteiger partial charge < -0.3 is 25.5 Å². The van der Waals surface area contributed by atoms with E-state index in [1.54, 1.807) is 19.4 Å². The second-order valence-corrected chi connectivity index (χ2v) is 11.1. The maximum atomic E-state index is 12.3. The molecule has 43 heavy (non-hydrogen) atoms. The van der Waals surface area contributed by atoms with Gasteiger partial charge in [0.15, 0.2) is 11.3 Å². The number of allylic oxidation sites excluding steroid dienone is 1. The lowest BCUT2D eigenvalue weighted by Crippen LogP contribution is -2.17. The molecule has 3 aromatic heterocycles. The van der Waals surface area contributed by atoms with Crippen molar-refractivity contribution in [2.24, 2.45) is 17.6 Å². The molecule has 0 saturated heterocycles. The van der Waals surface area contributed by atoms with Gasteiger partial charge in [-0.2, -0.15) is 10.1 Å². The average molecular weight is 579 g/mol. The molecule has 1 aliphatic carbocycles. The number of aromatic nitrogens is 5. The molecular formula is C32H34N8O3. The van der Waals surface area contributed by atoms with Gasteiger partial charge in [0.1, 0.15) is 16.9 Å². The fourth-order valence-electron chi connectivity index (χ4n) is 5.79. The number of anilines is 4. The number of hydrogen-bond donors (Lipinski definition) is 3. The highest BCUT2D eigenvalue weighted by Crippen LogP contribution is 2.39. The van der Waals surface area contributed by atoms with Crippen molar-refractivity contribution in [3.63, 3.8) is 0 Å². The fourth-order valence-corrected chi connectivity index (χ4v) is 5.79. The quantitative estimate of drug-likeness (QED) is 0.159. The molecule has 1 saturated carbocycles. The largest absolute Gasteiger partial charge is 0.494 e. The summed E-state index contributed by atoms with van der Waals surface area (Å²) in [6.07, 6.45) is 9.54. The summed E-state index contributed by atoms with van der Waals surface area (Å²) in [5.74, 6) is 2.02. The molecule has 1 fully saturated rings. The Morgan fingerprint density at radius 2 is 2.00 bits per heavy atom. The van der Waals surface area contributed by atoms with E-state index < -0.39 is 5.91 Å². The third kappa shape index (κ3) is 6.20. The molecule has 0 bridgehead atoms. The monoisotopic (exact) mass is 578 g/mol. The zero-order chi connectivity index (χ0) is 29.9. The number of nitrogens with zero attached hydrogens (tertiary/aromatic N) is 5. The van der Waals surface area contributed by atoms with E-state index in [0.29, 0.717) is 40.3 Å². The number of para-hydroxylation sites is 3. The first-order valence-electron chi connectivity index (χ1n) is 14.3. The first-order valence-corrected chi connectivity index (χ1v) is 14.3. The zero-order valence-corrected chi connectivity index (χ0v) is 24.2. The minimum atomic E-state index is -0.671. The average Bonchev–Trinajstić information content (AvgIpc) is 3.62. The second kappa shape index (κ2) is 12.0. The van der Waals surface area contributed by atoms with Gasteiger partial charge in [0.2, 0.25) is 11.8 Å². The van der Waals surface area contributed by atoms with Gasteiger partial charge >= 0.3 is 0 Å². The van der Waals surface area contributed by atoms with Gasteiger partial charge in [-0.15, -0.1) is 0 Å². The molecule has 11 nitrogen and oxygen atoms in total. The number of benzene rings is 2. The van der Waals surface area contributed by atoms with Crippen molar-refractivity contribution < 1.29 is 13.9 Å². The van der Waals surface area contributed by atoms with Crippen LogP contribution in [0, 0.1) is 11.8 Å². The van der Waals surface area contributed by atoms with E-state index in [4.69, 9.17) is 14.9 Å². The van der Waals surface area contributed by atoms with Crippen LogP contribution >= 0.6 is 0 Å². The molecule has 4 N–H and O–H groups in total. The topological polar surface area (TPSA) is 146 Å². The molecule has 0 radical (unpaired) electrons. The number of nitrogens with one attached hydrogen (secondary N) is 2. The number of carbonyl (C=O) groups is 1. The van der Waals surface area contributed by atoms with Crippen molar-refractivity contribution in [1.29, 1.82) is 0 Å². The van der Waals surface area contributed by atoms with Crippen LogP contribution in [0.4, 0.5) is 23.1 Å². The summed E-state index contributed by atoms with van der Waals surface area (Å²) in [7, 11) is 1.55. The SMILES string of the molecule is C=C1CC(C)CC(CCn2cc(Nc3ncc(C(N)=O)c(Nc4cccc(-c5nc6ccccc6o5)c4OC)n3)cn2)C1. The summed E-state index contributed by atoms with van der Waals surface area (Å²) >= 11 is 0. The smallest absolute Gasteiger partial charge is 0.254 e. The lowest BCUT2D eigenvalue weighted by molar-refractivity contribution is 0.100. The van der Waals surface area contributed by atoms with Gasteiger partial charge in [0.05, 0.1) is 30.2 Å². The van der Waals surface area contributed by atoms with Gasteiger partial charge in [-0.25, -0.2) is 9.97 Å². The molecule has 2 unspecified atom stereocenters. The van der Waals surface area contributed by atoms with E-state index >= 15 is 0 Å². The van der Waals surface area contributed by atoms with Crippen molar-refractivity contribution in [2.75, 3.05) is 17.7 Å². The number of rotatable bonds is 10. The third-order valence-corrected chi connectivity index (χ3v) is 7.66. The summed E-state index contributed by atoms with van der Waals surface area (Å²) in [5.41, 5.74) is 10.4. The zero-order valence-electron chi connectivity index (χ0n) is 24.2. The summed E-state index contributed by atoms with van der Waals surface area (Å²) in [6.45, 7) is 7.33. The van der Waals surface area contributed by atoms with Crippen LogP contribution in [0.3, 0.4) is 0 Å². The molecule has 2 atom stereocenters. The molecule has 0 aliphatic heterocycles. The van der Waals surface area contributed by atoms with Crippen molar-refractivity contribution in [3.8, 4) is 17.2 Å². The van der Waals surface area contributed by atoms with Crippen LogP contribution in [0.1, 0.15) is 43.0 Å². The van der Waals surface area contributed by atoms with Crippen LogP contribution in [0.5, 0.6) is 5.75 Å². The molecule has 5 aromatic rings. The summed E-state index contributed by atoms with van der Waals surface area (Å²) in [4.78, 5) is 25.8. The van der Waals surface area contributed by atoms with Crippen molar-refractivity contribution in [2.45, 2.75) is 39.2 Å². The van der Waals surface area contributed by atoms with Gasteiger partial charge in [-0.1, -0.05) is 37.3 Å². The van der Waals surface area contributed by atoms with Gasteiger partial charge in [0.25, 0.3) is 5.91 Å². The normalized spacial score (nSPS) is 16.7. The number of amides is 1. The Morgan fingerprint density at radius 3 is 2.79 bits per heavy atom. The molecule has 1 aliphatic rings. The predicted octanol–water partition coefficient (Wildman–Crippen LogP) is 6.46. The molecule has 11 heteroatoms. The Morgan fingerprint density at radius 1 is 1.14 bits per heavy atom. The van der Waals surface area contributed by atoms with Crippen LogP contribution < -0.4 is 21.1 Å². The summed E-state index contributed by atoms with van der Waals surface area (Å²) in [6, 6.07) is 13.0. The molecule has 0 spiro atoms. The summed E-state index contributed by atoms with van der Waals surface area (Å²) in [5, 5.41) is 10.9. The Bertz CT molecular complexity index is 1760. The second-order valence-electron chi connectivity index (χ2n) is 11.1. The van der Waals surface area contributed by atoms with E-state index in [1.165, 1.54) is 18.2 Å². The highest BCUT2D eigenvalue weighted by atomic mass is 16.5. The van der Waals surface area contributed by atoms with Crippen LogP contribution in [0.15, 0.2) is 77.6 Å². The number of carbonyl (C=O) groups excluding carboxylic acids is 1. The highest BCUT2D eigenvalue weighted by Gasteiger charge is 2.22. The highest BCUT2D eigenvalue weighted by molar-refractivity contribution is 5.98. The van der Waals surface area contributed by atoms with Gasteiger partial charge in [-0.3, -0.25) is 9.48 Å². The number of aryl methyl sites for hydroxylation is 1. The van der Waals surface area contributed by atoms with E-state index in [1.807, 2.05) is 47.3 Å². The first-order chi connectivity index (χ1) is 20.9. The molecule has 6 rings (SSSR count). The molecule has 3 heterocycles. The van der Waals surface area contributed by atoms with E-state index in [9.17, 15) is 4.79 Å². The van der Waals surface area contributed by atoms with Gasteiger partial charge in [-0.05, 0) is 61.8 Å². The lowest BCUT2D eigenvalue weighted by Gasteiger charge is -2.28. The first kappa shape index (κ1) is 28.0. The van der Waals surface area contributed by atoms with Crippen molar-refractivity contribution >= 4 is 40.1 Å². The fraction of sp³-hybridized carbons (Fsp3) is 0.281. The maximum absolute atomic E-state index is 12.3. The third-order valence-electron chi connectivity index (χ3n) is 7.66. The molecular weight excluding hydrogens is 544 g/mol. The number of primary amides is 1. The Kier molecular flexibility index (Phi) is 7.78. The van der Waals surface area contributed by atoms with E-state index in [0.717, 1.165) is 37.0 Å². The summed E-state index contributed by atoms with van der Waals surface area (Å²) < 4.78 is 13.6. The van der Waals surface area contributed by atoms with Crippen LogP contribution in [-0.2, 0) is 6.54 Å². The van der Waals surface area contributed by atoms with Gasteiger partial charge in [0, 0.05) is 18.9 Å². The van der Waals surface area contributed by atoms with Crippen molar-refractivity contribution in [3.05, 3.63) is 78.8 Å². The maximum Gasteiger partial charge on any atom is 0.254 e. The number of methoxy groups -OCH3 is 1. The number of hydrogen-bond acceptors (Lipinski definition) is 9. The Balaban J connectivity index is 1.21. The molecule has 1 amide bonds. The number of fused-ring (bicyclic) bond motifs is 1. The molecule has 220 valence electrons.